The summed E-state index contributed by atoms with van der Waals surface area (Å²) in [6, 6.07) is 2.00. The number of nitrogens with one attached hydrogen (secondary N) is 1. The predicted molar refractivity (Wildman–Crippen MR) is 28.7 cm³/mol. The molecule has 0 saturated carbocycles. The van der Waals surface area contributed by atoms with Crippen molar-refractivity contribution in [3.8, 4) is 6.07 Å². The molecular weight excluding hydrogens is 112 g/mol. The predicted octanol–water partition coefficient (Wildman–Crippen LogP) is 1.03. The zero-order valence-corrected chi connectivity index (χ0v) is 4.70. The van der Waals surface area contributed by atoms with Gasteiger partial charge in [-0.1, -0.05) is 0 Å². The maximum atomic E-state index is 7.97. The van der Waals surface area contributed by atoms with E-state index in [0.29, 0.717) is 6.42 Å². The van der Waals surface area contributed by atoms with Gasteiger partial charge in [0.15, 0.2) is 0 Å². The number of unbranched alkanes of at least 4 members (excludes halogenated alkanes) is 1. The number of nitriles is 1. The Hall–Kier alpha value is -0.260. The summed E-state index contributed by atoms with van der Waals surface area (Å²) in [5.74, 6) is 0. The fraction of sp³-hybridized carbons (Fsp3) is 0.750. The van der Waals surface area contributed by atoms with Crippen LogP contribution in [0.2, 0.25) is 0 Å². The van der Waals surface area contributed by atoms with Crippen molar-refractivity contribution >= 4 is 11.8 Å². The smallest absolute Gasteiger partial charge is 0.0622 e. The maximum Gasteiger partial charge on any atom is 0.0622 e. The third-order valence-electron chi connectivity index (χ3n) is 0.560. The molecule has 0 aliphatic carbocycles. The first kappa shape index (κ1) is 6.74. The average Bonchev–Trinajstić information content (AvgIpc) is 1.69. The van der Waals surface area contributed by atoms with Gasteiger partial charge in [0.1, 0.15) is 0 Å². The van der Waals surface area contributed by atoms with Gasteiger partial charge in [0.2, 0.25) is 0 Å². The monoisotopic (exact) mass is 118 g/mol. The molecule has 0 saturated heterocycles. The first-order chi connectivity index (χ1) is 3.41. The van der Waals surface area contributed by atoms with Crippen LogP contribution in [0.15, 0.2) is 0 Å². The standard InChI is InChI=1S/C4H7ClN2/c5-7-4-2-1-3-6/h7H,1-2,4H2. The highest BCUT2D eigenvalue weighted by molar-refractivity contribution is 6.13. The van der Waals surface area contributed by atoms with E-state index in [1.807, 2.05) is 6.07 Å². The molecule has 0 heterocycles. The van der Waals surface area contributed by atoms with Crippen molar-refractivity contribution in [2.75, 3.05) is 6.54 Å². The number of halogens is 1. The van der Waals surface area contributed by atoms with Gasteiger partial charge in [-0.25, -0.2) is 4.84 Å². The topological polar surface area (TPSA) is 35.8 Å². The van der Waals surface area contributed by atoms with E-state index in [-0.39, 0.29) is 0 Å². The van der Waals surface area contributed by atoms with Crippen molar-refractivity contribution in [3.63, 3.8) is 0 Å². The molecule has 2 nitrogen and oxygen atoms in total. The number of nitrogens with zero attached hydrogens (tertiary/aromatic N) is 1. The van der Waals surface area contributed by atoms with Crippen LogP contribution >= 0.6 is 11.8 Å². The Morgan fingerprint density at radius 1 is 1.71 bits per heavy atom. The van der Waals surface area contributed by atoms with Gasteiger partial charge in [0.25, 0.3) is 0 Å². The highest BCUT2D eigenvalue weighted by Crippen LogP contribution is 1.81. The molecule has 3 heteroatoms. The van der Waals surface area contributed by atoms with Crippen LogP contribution in [0.1, 0.15) is 12.8 Å². The van der Waals surface area contributed by atoms with Crippen molar-refractivity contribution in [2.24, 2.45) is 0 Å². The minimum Gasteiger partial charge on any atom is -0.233 e. The van der Waals surface area contributed by atoms with E-state index in [2.05, 4.69) is 4.84 Å². The van der Waals surface area contributed by atoms with E-state index in [1.54, 1.807) is 0 Å². The normalized spacial score (nSPS) is 8.00. The quantitative estimate of drug-likeness (QED) is 0.444. The van der Waals surface area contributed by atoms with Crippen LogP contribution < -0.4 is 4.84 Å². The van der Waals surface area contributed by atoms with Crippen LogP contribution in [0, 0.1) is 11.3 Å². The van der Waals surface area contributed by atoms with Crippen molar-refractivity contribution < 1.29 is 0 Å². The molecule has 0 aromatic rings. The summed E-state index contributed by atoms with van der Waals surface area (Å²) in [4.78, 5) is 2.42. The Bertz CT molecular complexity index is 66.6. The summed E-state index contributed by atoms with van der Waals surface area (Å²) < 4.78 is 0. The third-order valence-corrected chi connectivity index (χ3v) is 0.749. The highest BCUT2D eigenvalue weighted by Gasteiger charge is 1.79. The van der Waals surface area contributed by atoms with Gasteiger partial charge in [-0.2, -0.15) is 5.26 Å². The lowest BCUT2D eigenvalue weighted by atomic mass is 10.3. The lowest BCUT2D eigenvalue weighted by molar-refractivity contribution is 0.816. The molecule has 0 spiro atoms. The van der Waals surface area contributed by atoms with Crippen molar-refractivity contribution in [2.45, 2.75) is 12.8 Å². The SMILES string of the molecule is N#CCCCNCl. The van der Waals surface area contributed by atoms with Gasteiger partial charge in [-0.3, -0.25) is 0 Å². The Morgan fingerprint density at radius 3 is 2.86 bits per heavy atom. The summed E-state index contributed by atoms with van der Waals surface area (Å²) >= 11 is 5.08. The first-order valence-electron chi connectivity index (χ1n) is 2.12. The lowest BCUT2D eigenvalue weighted by Crippen LogP contribution is -1.98. The molecule has 0 radical (unpaired) electrons. The van der Waals surface area contributed by atoms with E-state index in [4.69, 9.17) is 17.0 Å². The summed E-state index contributed by atoms with van der Waals surface area (Å²) in [5.41, 5.74) is 0. The molecule has 0 amide bonds. The summed E-state index contributed by atoms with van der Waals surface area (Å²) in [6.45, 7) is 0.717. The molecule has 7 heavy (non-hydrogen) atoms. The van der Waals surface area contributed by atoms with Crippen LogP contribution in [0.5, 0.6) is 0 Å². The van der Waals surface area contributed by atoms with Gasteiger partial charge < -0.3 is 0 Å². The highest BCUT2D eigenvalue weighted by atomic mass is 35.5. The molecule has 1 N–H and O–H groups in total. The fourth-order valence-electron chi connectivity index (χ4n) is 0.234. The Morgan fingerprint density at radius 2 is 2.43 bits per heavy atom. The second-order valence-electron chi connectivity index (χ2n) is 1.15. The summed E-state index contributed by atoms with van der Waals surface area (Å²) in [7, 11) is 0. The third kappa shape index (κ3) is 5.74. The van der Waals surface area contributed by atoms with Gasteiger partial charge in [0.05, 0.1) is 6.07 Å². The zero-order valence-electron chi connectivity index (χ0n) is 3.95. The van der Waals surface area contributed by atoms with E-state index in [9.17, 15) is 0 Å². The number of hydrogen-bond acceptors (Lipinski definition) is 2. The number of hydrogen-bond donors (Lipinski definition) is 1. The lowest BCUT2D eigenvalue weighted by Gasteiger charge is -1.85. The molecular formula is C4H7ClN2. The van der Waals surface area contributed by atoms with Gasteiger partial charge in [-0.15, -0.1) is 0 Å². The second kappa shape index (κ2) is 5.74. The minimum absolute atomic E-state index is 0.583. The molecule has 0 atom stereocenters. The minimum atomic E-state index is 0.583. The zero-order chi connectivity index (χ0) is 5.54. The molecule has 40 valence electrons. The largest absolute Gasteiger partial charge is 0.233 e. The molecule has 0 aliphatic rings. The van der Waals surface area contributed by atoms with Crippen molar-refractivity contribution in [1.82, 2.24) is 4.84 Å². The Balaban J connectivity index is 2.60. The maximum absolute atomic E-state index is 7.97. The fourth-order valence-corrected chi connectivity index (χ4v) is 0.368. The molecule has 0 rings (SSSR count). The van der Waals surface area contributed by atoms with Gasteiger partial charge in [-0.05, 0) is 18.2 Å². The van der Waals surface area contributed by atoms with Crippen LogP contribution in [0.3, 0.4) is 0 Å². The summed E-state index contributed by atoms with van der Waals surface area (Å²) in [6.07, 6.45) is 1.42. The van der Waals surface area contributed by atoms with E-state index in [1.165, 1.54) is 0 Å². The molecule has 0 aliphatic heterocycles. The molecule has 0 aromatic heterocycles. The van der Waals surface area contributed by atoms with Crippen LogP contribution in [-0.2, 0) is 0 Å². The van der Waals surface area contributed by atoms with Crippen molar-refractivity contribution in [3.05, 3.63) is 0 Å². The van der Waals surface area contributed by atoms with Crippen LogP contribution in [-0.4, -0.2) is 6.54 Å². The second-order valence-corrected chi connectivity index (χ2v) is 1.41. The Labute approximate surface area is 48.2 Å². The van der Waals surface area contributed by atoms with E-state index < -0.39 is 0 Å². The van der Waals surface area contributed by atoms with Crippen LogP contribution in [0.25, 0.3) is 0 Å². The molecule has 0 unspecified atom stereocenters. The number of rotatable bonds is 3. The average molecular weight is 119 g/mol. The summed E-state index contributed by atoms with van der Waals surface area (Å²) in [5, 5.41) is 7.97. The first-order valence-corrected chi connectivity index (χ1v) is 2.50. The molecule has 0 bridgehead atoms. The van der Waals surface area contributed by atoms with E-state index >= 15 is 0 Å². The molecule has 0 aromatic carbocycles. The molecule has 0 fully saturated rings. The van der Waals surface area contributed by atoms with E-state index in [0.717, 1.165) is 13.0 Å². The van der Waals surface area contributed by atoms with Gasteiger partial charge in [0, 0.05) is 13.0 Å². The Kier molecular flexibility index (Phi) is 5.53. The van der Waals surface area contributed by atoms with Crippen molar-refractivity contribution in [1.29, 1.82) is 5.26 Å². The van der Waals surface area contributed by atoms with Gasteiger partial charge >= 0.3 is 0 Å². The van der Waals surface area contributed by atoms with Crippen LogP contribution in [0.4, 0.5) is 0 Å².